The van der Waals surface area contributed by atoms with E-state index in [2.05, 4.69) is 10.6 Å². The number of benzene rings is 1. The van der Waals surface area contributed by atoms with E-state index in [0.29, 0.717) is 12.2 Å². The molecule has 0 aromatic heterocycles. The zero-order valence-corrected chi connectivity index (χ0v) is 16.9. The van der Waals surface area contributed by atoms with Gasteiger partial charge in [0.2, 0.25) is 17.7 Å². The lowest BCUT2D eigenvalue weighted by atomic mass is 9.97. The molecule has 4 unspecified atom stereocenters. The molecule has 0 saturated carbocycles. The molecule has 3 amide bonds. The fourth-order valence-corrected chi connectivity index (χ4v) is 3.09. The van der Waals surface area contributed by atoms with E-state index in [1.165, 1.54) is 11.8 Å². The number of carbonyl (C=O) groups excluding carboxylic acids is 3. The zero-order valence-electron chi connectivity index (χ0n) is 16.1. The van der Waals surface area contributed by atoms with E-state index in [-0.39, 0.29) is 12.3 Å². The molecule has 6 N–H and O–H groups in total. The number of nitrogens with one attached hydrogen (secondary N) is 2. The van der Waals surface area contributed by atoms with Crippen molar-refractivity contribution in [3.05, 3.63) is 35.9 Å². The van der Waals surface area contributed by atoms with Gasteiger partial charge >= 0.3 is 0 Å². The van der Waals surface area contributed by atoms with E-state index in [9.17, 15) is 14.4 Å². The van der Waals surface area contributed by atoms with Crippen LogP contribution >= 0.6 is 11.8 Å². The predicted octanol–water partition coefficient (Wildman–Crippen LogP) is 0.420. The Hall–Kier alpha value is -2.06. The second-order valence-corrected chi connectivity index (χ2v) is 7.50. The minimum absolute atomic E-state index is 0.113. The van der Waals surface area contributed by atoms with Crippen molar-refractivity contribution in [2.45, 2.75) is 44.8 Å². The topological polar surface area (TPSA) is 127 Å². The lowest BCUT2D eigenvalue weighted by Gasteiger charge is -2.25. The summed E-state index contributed by atoms with van der Waals surface area (Å²) in [5.74, 6) is -1.12. The fourth-order valence-electron chi connectivity index (χ4n) is 2.58. The Kier molecular flexibility index (Phi) is 9.88. The second-order valence-electron chi connectivity index (χ2n) is 6.59. The molecule has 7 nitrogen and oxygen atoms in total. The number of primary amides is 1. The van der Waals surface area contributed by atoms with Crippen molar-refractivity contribution in [3.8, 4) is 0 Å². The Morgan fingerprint density at radius 3 is 2.26 bits per heavy atom. The van der Waals surface area contributed by atoms with Crippen LogP contribution in [0, 0.1) is 5.92 Å². The summed E-state index contributed by atoms with van der Waals surface area (Å²) in [5.41, 5.74) is 12.2. The first kappa shape index (κ1) is 23.0. The zero-order chi connectivity index (χ0) is 20.4. The summed E-state index contributed by atoms with van der Waals surface area (Å²) in [6.07, 6.45) is 2.82. The van der Waals surface area contributed by atoms with Gasteiger partial charge in [0.15, 0.2) is 0 Å². The third kappa shape index (κ3) is 7.60. The minimum atomic E-state index is -0.848. The van der Waals surface area contributed by atoms with Crippen LogP contribution in [0.4, 0.5) is 0 Å². The highest BCUT2D eigenvalue weighted by Gasteiger charge is 2.29. The Morgan fingerprint density at radius 2 is 1.74 bits per heavy atom. The van der Waals surface area contributed by atoms with Gasteiger partial charge in [-0.15, -0.1) is 0 Å². The maximum atomic E-state index is 12.8. The average molecular weight is 395 g/mol. The van der Waals surface area contributed by atoms with Crippen molar-refractivity contribution in [2.75, 3.05) is 12.0 Å². The van der Waals surface area contributed by atoms with Gasteiger partial charge in [0.05, 0.1) is 6.04 Å². The monoisotopic (exact) mass is 394 g/mol. The van der Waals surface area contributed by atoms with Crippen LogP contribution in [0.25, 0.3) is 0 Å². The lowest BCUT2D eigenvalue weighted by Crippen LogP contribution is -2.57. The van der Waals surface area contributed by atoms with E-state index in [1.807, 2.05) is 50.4 Å². The molecule has 0 heterocycles. The molecule has 1 aromatic rings. The van der Waals surface area contributed by atoms with Gasteiger partial charge in [0.25, 0.3) is 0 Å². The molecule has 0 aliphatic rings. The van der Waals surface area contributed by atoms with Crippen LogP contribution in [0.2, 0.25) is 0 Å². The Bertz CT molecular complexity index is 627. The minimum Gasteiger partial charge on any atom is -0.368 e. The number of thioether (sulfide) groups is 1. The highest BCUT2D eigenvalue weighted by atomic mass is 32.2. The van der Waals surface area contributed by atoms with Crippen molar-refractivity contribution in [2.24, 2.45) is 17.4 Å². The molecule has 1 aromatic carbocycles. The molecule has 0 radical (unpaired) electrons. The first-order chi connectivity index (χ1) is 12.8. The molecular weight excluding hydrogens is 364 g/mol. The van der Waals surface area contributed by atoms with Crippen LogP contribution in [0.5, 0.6) is 0 Å². The highest BCUT2D eigenvalue weighted by molar-refractivity contribution is 7.98. The summed E-state index contributed by atoms with van der Waals surface area (Å²) < 4.78 is 0. The van der Waals surface area contributed by atoms with Crippen LogP contribution in [0.3, 0.4) is 0 Å². The first-order valence-corrected chi connectivity index (χ1v) is 10.4. The quantitative estimate of drug-likeness (QED) is 0.433. The average Bonchev–Trinajstić information content (AvgIpc) is 2.65. The molecule has 27 heavy (non-hydrogen) atoms. The van der Waals surface area contributed by atoms with Crippen LogP contribution in [0.1, 0.15) is 25.8 Å². The number of carbonyl (C=O) groups is 3. The first-order valence-electron chi connectivity index (χ1n) is 8.98. The molecular formula is C19H30N4O3S. The molecule has 4 atom stereocenters. The van der Waals surface area contributed by atoms with Crippen molar-refractivity contribution in [3.63, 3.8) is 0 Å². The van der Waals surface area contributed by atoms with Gasteiger partial charge in [-0.25, -0.2) is 0 Å². The standard InChI is InChI=1S/C19H30N4O3S/c1-4-12(2)16(17(21)24)23-19(26)15(10-13-8-6-5-7-9-13)22-18(25)14(20)11-27-3/h5-9,12,14-16H,4,10-11,20H2,1-3H3,(H2,21,24)(H,22,25)(H,23,26). The Morgan fingerprint density at radius 1 is 1.11 bits per heavy atom. The predicted molar refractivity (Wildman–Crippen MR) is 109 cm³/mol. The van der Waals surface area contributed by atoms with E-state index < -0.39 is 35.8 Å². The van der Waals surface area contributed by atoms with E-state index in [0.717, 1.165) is 5.56 Å². The molecule has 0 aliphatic carbocycles. The third-order valence-electron chi connectivity index (χ3n) is 4.42. The largest absolute Gasteiger partial charge is 0.368 e. The van der Waals surface area contributed by atoms with E-state index in [1.54, 1.807) is 0 Å². The third-order valence-corrected chi connectivity index (χ3v) is 5.11. The Balaban J connectivity index is 2.95. The molecule has 8 heteroatoms. The van der Waals surface area contributed by atoms with Gasteiger partial charge < -0.3 is 22.1 Å². The van der Waals surface area contributed by atoms with Gasteiger partial charge in [0, 0.05) is 12.2 Å². The highest BCUT2D eigenvalue weighted by Crippen LogP contribution is 2.09. The maximum Gasteiger partial charge on any atom is 0.243 e. The number of rotatable bonds is 11. The van der Waals surface area contributed by atoms with Crippen LogP contribution in [-0.4, -0.2) is 47.9 Å². The van der Waals surface area contributed by atoms with Crippen molar-refractivity contribution < 1.29 is 14.4 Å². The molecule has 1 rings (SSSR count). The SMILES string of the molecule is CCC(C)C(NC(=O)C(Cc1ccccc1)NC(=O)C(N)CSC)C(N)=O. The summed E-state index contributed by atoms with van der Waals surface area (Å²) in [4.78, 5) is 36.9. The summed E-state index contributed by atoms with van der Waals surface area (Å²) in [7, 11) is 0. The van der Waals surface area contributed by atoms with E-state index in [4.69, 9.17) is 11.5 Å². The fraction of sp³-hybridized carbons (Fsp3) is 0.526. The van der Waals surface area contributed by atoms with E-state index >= 15 is 0 Å². The van der Waals surface area contributed by atoms with Gasteiger partial charge in [-0.3, -0.25) is 14.4 Å². The molecule has 150 valence electrons. The van der Waals surface area contributed by atoms with Gasteiger partial charge in [-0.2, -0.15) is 11.8 Å². The molecule has 0 aliphatic heterocycles. The number of hydrogen-bond acceptors (Lipinski definition) is 5. The summed E-state index contributed by atoms with van der Waals surface area (Å²) in [6.45, 7) is 3.76. The summed E-state index contributed by atoms with van der Waals surface area (Å²) >= 11 is 1.45. The van der Waals surface area contributed by atoms with Crippen molar-refractivity contribution in [1.29, 1.82) is 0 Å². The van der Waals surface area contributed by atoms with Gasteiger partial charge in [0.1, 0.15) is 12.1 Å². The lowest BCUT2D eigenvalue weighted by molar-refractivity contribution is -0.132. The summed E-state index contributed by atoms with van der Waals surface area (Å²) in [6, 6.07) is 6.97. The number of hydrogen-bond donors (Lipinski definition) is 4. The molecule has 0 bridgehead atoms. The van der Waals surface area contributed by atoms with Crippen LogP contribution in [-0.2, 0) is 20.8 Å². The molecule has 0 spiro atoms. The number of nitrogens with two attached hydrogens (primary N) is 2. The van der Waals surface area contributed by atoms with Crippen molar-refractivity contribution in [1.82, 2.24) is 10.6 Å². The summed E-state index contributed by atoms with van der Waals surface area (Å²) in [5, 5.41) is 5.40. The molecule has 0 saturated heterocycles. The maximum absolute atomic E-state index is 12.8. The van der Waals surface area contributed by atoms with Crippen LogP contribution in [0.15, 0.2) is 30.3 Å². The normalized spacial score (nSPS) is 15.3. The smallest absolute Gasteiger partial charge is 0.243 e. The van der Waals surface area contributed by atoms with Crippen LogP contribution < -0.4 is 22.1 Å². The second kappa shape index (κ2) is 11.6. The number of amides is 3. The molecule has 0 fully saturated rings. The van der Waals surface area contributed by atoms with Gasteiger partial charge in [-0.1, -0.05) is 50.6 Å². The van der Waals surface area contributed by atoms with Gasteiger partial charge in [-0.05, 0) is 17.7 Å². The van der Waals surface area contributed by atoms with Crippen molar-refractivity contribution >= 4 is 29.5 Å². The Labute approximate surface area is 165 Å².